The fourth-order valence-corrected chi connectivity index (χ4v) is 4.46. The number of halogens is 1. The highest BCUT2D eigenvalue weighted by molar-refractivity contribution is 5.94. The molecule has 5 nitrogen and oxygen atoms in total. The summed E-state index contributed by atoms with van der Waals surface area (Å²) >= 11 is 0. The number of nitrogens with zero attached hydrogens (tertiary/aromatic N) is 3. The van der Waals surface area contributed by atoms with Gasteiger partial charge in [0.05, 0.1) is 5.69 Å². The van der Waals surface area contributed by atoms with E-state index in [1.165, 1.54) is 13.0 Å². The number of amides is 1. The monoisotopic (exact) mass is 409 g/mol. The average molecular weight is 410 g/mol. The van der Waals surface area contributed by atoms with Crippen molar-refractivity contribution in [1.29, 1.82) is 0 Å². The van der Waals surface area contributed by atoms with Crippen LogP contribution in [-0.4, -0.2) is 60.8 Å². The maximum absolute atomic E-state index is 14.6. The second kappa shape index (κ2) is 8.96. The SMILES string of the molecule is CC(=O)c1ccc(N2CCN([C@@H](C(=O)N3CCCC3)c3ccccc3)CC2)c(F)c1. The van der Waals surface area contributed by atoms with E-state index in [0.717, 1.165) is 31.5 Å². The highest BCUT2D eigenvalue weighted by Crippen LogP contribution is 2.28. The quantitative estimate of drug-likeness (QED) is 0.709. The molecular formula is C24H28FN3O2. The second-order valence-corrected chi connectivity index (χ2v) is 8.09. The van der Waals surface area contributed by atoms with Gasteiger partial charge in [0.1, 0.15) is 11.9 Å². The van der Waals surface area contributed by atoms with Crippen LogP contribution in [0.5, 0.6) is 0 Å². The van der Waals surface area contributed by atoms with Crippen molar-refractivity contribution in [3.05, 3.63) is 65.5 Å². The zero-order valence-electron chi connectivity index (χ0n) is 17.4. The van der Waals surface area contributed by atoms with Gasteiger partial charge < -0.3 is 9.80 Å². The molecule has 0 bridgehead atoms. The van der Waals surface area contributed by atoms with Crippen LogP contribution in [0.15, 0.2) is 48.5 Å². The minimum Gasteiger partial charge on any atom is -0.367 e. The van der Waals surface area contributed by atoms with Crippen molar-refractivity contribution < 1.29 is 14.0 Å². The van der Waals surface area contributed by atoms with Crippen LogP contribution < -0.4 is 4.90 Å². The van der Waals surface area contributed by atoms with E-state index in [1.54, 1.807) is 12.1 Å². The topological polar surface area (TPSA) is 43.9 Å². The third-order valence-corrected chi connectivity index (χ3v) is 6.14. The van der Waals surface area contributed by atoms with E-state index in [9.17, 15) is 14.0 Å². The lowest BCUT2D eigenvalue weighted by Crippen LogP contribution is -2.51. The molecule has 0 N–H and O–H groups in total. The number of benzene rings is 2. The molecule has 158 valence electrons. The Bertz CT molecular complexity index is 904. The van der Waals surface area contributed by atoms with Crippen molar-refractivity contribution in [2.45, 2.75) is 25.8 Å². The van der Waals surface area contributed by atoms with E-state index in [-0.39, 0.29) is 23.5 Å². The molecule has 2 aromatic rings. The molecule has 1 amide bonds. The molecule has 2 aromatic carbocycles. The van der Waals surface area contributed by atoms with Crippen LogP contribution in [0.1, 0.15) is 41.7 Å². The van der Waals surface area contributed by atoms with Gasteiger partial charge in [-0.1, -0.05) is 30.3 Å². The Hall–Kier alpha value is -2.73. The van der Waals surface area contributed by atoms with Crippen molar-refractivity contribution >= 4 is 17.4 Å². The van der Waals surface area contributed by atoms with Gasteiger partial charge in [0.15, 0.2) is 5.78 Å². The van der Waals surface area contributed by atoms with Crippen molar-refractivity contribution in [2.75, 3.05) is 44.2 Å². The molecule has 0 radical (unpaired) electrons. The fraction of sp³-hybridized carbons (Fsp3) is 0.417. The summed E-state index contributed by atoms with van der Waals surface area (Å²) in [6.07, 6.45) is 2.13. The molecule has 2 fully saturated rings. The molecule has 0 aromatic heterocycles. The van der Waals surface area contributed by atoms with Gasteiger partial charge >= 0.3 is 0 Å². The van der Waals surface area contributed by atoms with Crippen molar-refractivity contribution in [1.82, 2.24) is 9.80 Å². The highest BCUT2D eigenvalue weighted by atomic mass is 19.1. The Morgan fingerprint density at radius 1 is 0.900 bits per heavy atom. The first kappa shape index (κ1) is 20.5. The summed E-state index contributed by atoms with van der Waals surface area (Å²) < 4.78 is 14.6. The van der Waals surface area contributed by atoms with Gasteiger partial charge in [0, 0.05) is 44.8 Å². The summed E-state index contributed by atoms with van der Waals surface area (Å²) in [5, 5.41) is 0. The first-order valence-corrected chi connectivity index (χ1v) is 10.7. The van der Waals surface area contributed by atoms with Crippen LogP contribution in [0, 0.1) is 5.82 Å². The van der Waals surface area contributed by atoms with Gasteiger partial charge in [0.2, 0.25) is 5.91 Å². The predicted octanol–water partition coefficient (Wildman–Crippen LogP) is 3.51. The van der Waals surface area contributed by atoms with E-state index in [2.05, 4.69) is 4.90 Å². The molecule has 2 aliphatic heterocycles. The minimum atomic E-state index is -0.371. The number of carbonyl (C=O) groups excluding carboxylic acids is 2. The first-order chi connectivity index (χ1) is 14.5. The zero-order valence-corrected chi connectivity index (χ0v) is 17.4. The van der Waals surface area contributed by atoms with E-state index in [0.29, 0.717) is 37.4 Å². The van der Waals surface area contributed by atoms with Gasteiger partial charge in [0.25, 0.3) is 0 Å². The molecule has 6 heteroatoms. The summed E-state index contributed by atoms with van der Waals surface area (Å²) in [5.74, 6) is -0.343. The average Bonchev–Trinajstić information content (AvgIpc) is 3.30. The van der Waals surface area contributed by atoms with Gasteiger partial charge in [-0.05, 0) is 43.5 Å². The van der Waals surface area contributed by atoms with Crippen LogP contribution in [0.2, 0.25) is 0 Å². The Morgan fingerprint density at radius 2 is 1.57 bits per heavy atom. The molecule has 0 spiro atoms. The fourth-order valence-electron chi connectivity index (χ4n) is 4.46. The number of piperazine rings is 1. The Labute approximate surface area is 177 Å². The first-order valence-electron chi connectivity index (χ1n) is 10.7. The molecule has 0 aliphatic carbocycles. The van der Waals surface area contributed by atoms with Crippen LogP contribution in [-0.2, 0) is 4.79 Å². The van der Waals surface area contributed by atoms with Gasteiger partial charge in [-0.3, -0.25) is 14.5 Å². The summed E-state index contributed by atoms with van der Waals surface area (Å²) in [6, 6.07) is 14.3. The normalized spacial score (nSPS) is 18.5. The lowest BCUT2D eigenvalue weighted by Gasteiger charge is -2.40. The zero-order chi connectivity index (χ0) is 21.1. The molecule has 0 unspecified atom stereocenters. The Morgan fingerprint density at radius 3 is 2.17 bits per heavy atom. The largest absolute Gasteiger partial charge is 0.367 e. The van der Waals surface area contributed by atoms with E-state index >= 15 is 0 Å². The number of anilines is 1. The van der Waals surface area contributed by atoms with Crippen LogP contribution in [0.3, 0.4) is 0 Å². The summed E-state index contributed by atoms with van der Waals surface area (Å²) in [7, 11) is 0. The van der Waals surface area contributed by atoms with Gasteiger partial charge in [-0.25, -0.2) is 4.39 Å². The third-order valence-electron chi connectivity index (χ3n) is 6.14. The predicted molar refractivity (Wildman–Crippen MR) is 115 cm³/mol. The molecule has 30 heavy (non-hydrogen) atoms. The molecule has 4 rings (SSSR count). The number of rotatable bonds is 5. The molecule has 2 aliphatic rings. The third kappa shape index (κ3) is 4.24. The van der Waals surface area contributed by atoms with Gasteiger partial charge in [-0.15, -0.1) is 0 Å². The molecule has 0 saturated carbocycles. The maximum Gasteiger partial charge on any atom is 0.244 e. The number of hydrogen-bond acceptors (Lipinski definition) is 4. The molecule has 2 saturated heterocycles. The number of ketones is 1. The van der Waals surface area contributed by atoms with Gasteiger partial charge in [-0.2, -0.15) is 0 Å². The Kier molecular flexibility index (Phi) is 6.13. The summed E-state index contributed by atoms with van der Waals surface area (Å²) in [5.41, 5.74) is 1.91. The number of Topliss-reactive ketones (excluding diaryl/α,β-unsaturated/α-hetero) is 1. The van der Waals surface area contributed by atoms with E-state index in [4.69, 9.17) is 0 Å². The van der Waals surface area contributed by atoms with Crippen molar-refractivity contribution in [2.24, 2.45) is 0 Å². The van der Waals surface area contributed by atoms with Crippen LogP contribution in [0.4, 0.5) is 10.1 Å². The lowest BCUT2D eigenvalue weighted by molar-refractivity contribution is -0.136. The van der Waals surface area contributed by atoms with Crippen molar-refractivity contribution in [3.8, 4) is 0 Å². The van der Waals surface area contributed by atoms with Crippen LogP contribution >= 0.6 is 0 Å². The Balaban J connectivity index is 1.50. The van der Waals surface area contributed by atoms with Crippen LogP contribution in [0.25, 0.3) is 0 Å². The summed E-state index contributed by atoms with van der Waals surface area (Å²) in [6.45, 7) is 5.71. The highest BCUT2D eigenvalue weighted by Gasteiger charge is 2.34. The smallest absolute Gasteiger partial charge is 0.244 e. The number of carbonyl (C=O) groups is 2. The maximum atomic E-state index is 14.6. The standard InChI is InChI=1S/C24H28FN3O2/c1-18(29)20-9-10-22(21(25)17-20)26-13-15-27(16-14-26)23(19-7-3-2-4-8-19)24(30)28-11-5-6-12-28/h2-4,7-10,17,23H,5-6,11-16H2,1H3/t23-/m1/s1. The lowest BCUT2D eigenvalue weighted by atomic mass is 10.0. The number of hydrogen-bond donors (Lipinski definition) is 0. The van der Waals surface area contributed by atoms with Crippen molar-refractivity contribution in [3.63, 3.8) is 0 Å². The molecular weight excluding hydrogens is 381 g/mol. The van der Waals surface area contributed by atoms with E-state index in [1.807, 2.05) is 40.1 Å². The number of likely N-dealkylation sites (tertiary alicyclic amines) is 1. The second-order valence-electron chi connectivity index (χ2n) is 8.09. The molecule has 1 atom stereocenters. The van der Waals surface area contributed by atoms with E-state index < -0.39 is 0 Å². The minimum absolute atomic E-state index is 0.142. The molecule has 2 heterocycles. The summed E-state index contributed by atoms with van der Waals surface area (Å²) in [4.78, 5) is 31.0.